The van der Waals surface area contributed by atoms with E-state index in [1.807, 2.05) is 13.1 Å². The molecule has 0 aromatic carbocycles. The smallest absolute Gasteiger partial charge is 0.0787 e. The van der Waals surface area contributed by atoms with Crippen molar-refractivity contribution in [2.24, 2.45) is 0 Å². The highest BCUT2D eigenvalue weighted by atomic mass is 16.5. The normalized spacial score (nSPS) is 25.3. The summed E-state index contributed by atoms with van der Waals surface area (Å²) in [5.74, 6) is 0. The van der Waals surface area contributed by atoms with E-state index in [0.29, 0.717) is 6.04 Å². The monoisotopic (exact) mass is 249 g/mol. The third-order valence-electron chi connectivity index (χ3n) is 3.44. The van der Waals surface area contributed by atoms with E-state index in [1.165, 1.54) is 0 Å². The second kappa shape index (κ2) is 4.59. The number of nitrogens with one attached hydrogen (secondary N) is 1. The van der Waals surface area contributed by atoms with Crippen LogP contribution in [0.1, 0.15) is 45.5 Å². The molecule has 1 fully saturated rings. The van der Waals surface area contributed by atoms with Crippen molar-refractivity contribution in [3.63, 3.8) is 0 Å². The molecule has 0 aliphatic carbocycles. The van der Waals surface area contributed by atoms with Crippen LogP contribution in [0, 0.1) is 6.92 Å². The Hall–Kier alpha value is -1.00. The summed E-state index contributed by atoms with van der Waals surface area (Å²) in [6.07, 6.45) is 4.65. The summed E-state index contributed by atoms with van der Waals surface area (Å²) in [5, 5.41) is 3.54. The first-order valence-electron chi connectivity index (χ1n) is 6.50. The van der Waals surface area contributed by atoms with Gasteiger partial charge in [0.1, 0.15) is 0 Å². The van der Waals surface area contributed by atoms with Gasteiger partial charge in [0.2, 0.25) is 0 Å². The van der Waals surface area contributed by atoms with Gasteiger partial charge in [0.05, 0.1) is 22.6 Å². The van der Waals surface area contributed by atoms with Crippen LogP contribution in [0.15, 0.2) is 12.4 Å². The number of aryl methyl sites for hydroxylation is 1. The van der Waals surface area contributed by atoms with E-state index in [1.54, 1.807) is 6.20 Å². The Morgan fingerprint density at radius 3 is 2.50 bits per heavy atom. The van der Waals surface area contributed by atoms with Gasteiger partial charge in [-0.2, -0.15) is 0 Å². The number of rotatable bonds is 3. The Morgan fingerprint density at radius 1 is 1.28 bits per heavy atom. The standard InChI is InChI=1S/C14H23N3O/c1-10-7-16-11(8-15-10)9-17-12-6-13(2,3)18-14(12,4)5/h7-8,12,17H,6,9H2,1-5H3. The van der Waals surface area contributed by atoms with E-state index in [9.17, 15) is 0 Å². The summed E-state index contributed by atoms with van der Waals surface area (Å²) >= 11 is 0. The highest BCUT2D eigenvalue weighted by Crippen LogP contribution is 2.37. The summed E-state index contributed by atoms with van der Waals surface area (Å²) in [6.45, 7) is 11.2. The Morgan fingerprint density at radius 2 is 2.00 bits per heavy atom. The molecule has 1 saturated heterocycles. The Balaban J connectivity index is 1.96. The van der Waals surface area contributed by atoms with Gasteiger partial charge >= 0.3 is 0 Å². The van der Waals surface area contributed by atoms with Crippen molar-refractivity contribution in [1.82, 2.24) is 15.3 Å². The zero-order chi connectivity index (χ0) is 13.4. The van der Waals surface area contributed by atoms with Gasteiger partial charge in [-0.25, -0.2) is 0 Å². The molecule has 1 aliphatic heterocycles. The summed E-state index contributed by atoms with van der Waals surface area (Å²) in [5.41, 5.74) is 1.73. The van der Waals surface area contributed by atoms with Crippen molar-refractivity contribution in [3.05, 3.63) is 23.8 Å². The maximum atomic E-state index is 6.06. The van der Waals surface area contributed by atoms with E-state index in [2.05, 4.69) is 43.0 Å². The summed E-state index contributed by atoms with van der Waals surface area (Å²) in [4.78, 5) is 8.61. The fourth-order valence-corrected chi connectivity index (χ4v) is 2.62. The Kier molecular flexibility index (Phi) is 3.43. The highest BCUT2D eigenvalue weighted by Gasteiger charge is 2.45. The number of nitrogens with zero attached hydrogens (tertiary/aromatic N) is 2. The van der Waals surface area contributed by atoms with Gasteiger partial charge in [-0.05, 0) is 41.0 Å². The summed E-state index contributed by atoms with van der Waals surface area (Å²) in [6, 6.07) is 0.343. The highest BCUT2D eigenvalue weighted by molar-refractivity contribution is 5.03. The van der Waals surface area contributed by atoms with Gasteiger partial charge < -0.3 is 10.1 Å². The van der Waals surface area contributed by atoms with Crippen LogP contribution in [-0.4, -0.2) is 27.2 Å². The molecule has 1 aromatic heterocycles. The predicted octanol–water partition coefficient (Wildman–Crippen LogP) is 2.22. The van der Waals surface area contributed by atoms with E-state index >= 15 is 0 Å². The molecule has 2 heterocycles. The molecular weight excluding hydrogens is 226 g/mol. The van der Waals surface area contributed by atoms with Crippen molar-refractivity contribution in [3.8, 4) is 0 Å². The number of aromatic nitrogens is 2. The SMILES string of the molecule is Cc1cnc(CNC2CC(C)(C)OC2(C)C)cn1. The van der Waals surface area contributed by atoms with Crippen LogP contribution in [-0.2, 0) is 11.3 Å². The van der Waals surface area contributed by atoms with Crippen molar-refractivity contribution in [2.75, 3.05) is 0 Å². The molecule has 1 atom stereocenters. The van der Waals surface area contributed by atoms with Crippen LogP contribution in [0.4, 0.5) is 0 Å². The zero-order valence-electron chi connectivity index (χ0n) is 11.9. The van der Waals surface area contributed by atoms with Crippen LogP contribution < -0.4 is 5.32 Å². The van der Waals surface area contributed by atoms with Crippen LogP contribution in [0.5, 0.6) is 0 Å². The molecule has 0 spiro atoms. The van der Waals surface area contributed by atoms with Crippen LogP contribution in [0.25, 0.3) is 0 Å². The second-order valence-electron chi connectivity index (χ2n) is 6.25. The Labute approximate surface area is 109 Å². The lowest BCUT2D eigenvalue weighted by Gasteiger charge is -2.27. The van der Waals surface area contributed by atoms with E-state index in [-0.39, 0.29) is 11.2 Å². The fraction of sp³-hybridized carbons (Fsp3) is 0.714. The first kappa shape index (κ1) is 13.4. The third-order valence-corrected chi connectivity index (χ3v) is 3.44. The van der Waals surface area contributed by atoms with Crippen molar-refractivity contribution in [1.29, 1.82) is 0 Å². The molecule has 0 radical (unpaired) electrons. The fourth-order valence-electron chi connectivity index (χ4n) is 2.62. The Bertz CT molecular complexity index is 412. The van der Waals surface area contributed by atoms with Crippen molar-refractivity contribution >= 4 is 0 Å². The minimum absolute atomic E-state index is 0.0554. The summed E-state index contributed by atoms with van der Waals surface area (Å²) in [7, 11) is 0. The molecular formula is C14H23N3O. The van der Waals surface area contributed by atoms with E-state index in [0.717, 1.165) is 24.4 Å². The molecule has 0 bridgehead atoms. The molecule has 2 rings (SSSR count). The molecule has 0 amide bonds. The van der Waals surface area contributed by atoms with Crippen LogP contribution >= 0.6 is 0 Å². The maximum Gasteiger partial charge on any atom is 0.0787 e. The van der Waals surface area contributed by atoms with Gasteiger partial charge in [-0.15, -0.1) is 0 Å². The van der Waals surface area contributed by atoms with Gasteiger partial charge in [0.15, 0.2) is 0 Å². The minimum atomic E-state index is -0.137. The molecule has 1 aromatic rings. The number of hydrogen-bond donors (Lipinski definition) is 1. The second-order valence-corrected chi connectivity index (χ2v) is 6.25. The molecule has 4 nitrogen and oxygen atoms in total. The van der Waals surface area contributed by atoms with Crippen LogP contribution in [0.3, 0.4) is 0 Å². The van der Waals surface area contributed by atoms with Crippen LogP contribution in [0.2, 0.25) is 0 Å². The zero-order valence-corrected chi connectivity index (χ0v) is 11.9. The van der Waals surface area contributed by atoms with Crippen molar-refractivity contribution < 1.29 is 4.74 Å². The van der Waals surface area contributed by atoms with E-state index < -0.39 is 0 Å². The average Bonchev–Trinajstić information content (AvgIpc) is 2.45. The van der Waals surface area contributed by atoms with Gasteiger partial charge in [0, 0.05) is 25.0 Å². The van der Waals surface area contributed by atoms with Crippen molar-refractivity contribution in [2.45, 2.75) is 64.8 Å². The molecule has 0 saturated carbocycles. The lowest BCUT2D eigenvalue weighted by molar-refractivity contribution is -0.0699. The average molecular weight is 249 g/mol. The molecule has 18 heavy (non-hydrogen) atoms. The molecule has 1 aliphatic rings. The number of hydrogen-bond acceptors (Lipinski definition) is 4. The molecule has 1 N–H and O–H groups in total. The first-order chi connectivity index (χ1) is 8.28. The van der Waals surface area contributed by atoms with Gasteiger partial charge in [0.25, 0.3) is 0 Å². The number of ether oxygens (including phenoxy) is 1. The van der Waals surface area contributed by atoms with Gasteiger partial charge in [-0.1, -0.05) is 0 Å². The summed E-state index contributed by atoms with van der Waals surface area (Å²) < 4.78 is 6.06. The lowest BCUT2D eigenvalue weighted by Crippen LogP contribution is -2.43. The largest absolute Gasteiger partial charge is 0.368 e. The van der Waals surface area contributed by atoms with Gasteiger partial charge in [-0.3, -0.25) is 9.97 Å². The topological polar surface area (TPSA) is 47.0 Å². The maximum absolute atomic E-state index is 6.06. The van der Waals surface area contributed by atoms with E-state index in [4.69, 9.17) is 4.74 Å². The lowest BCUT2D eigenvalue weighted by atomic mass is 9.94. The predicted molar refractivity (Wildman–Crippen MR) is 71.3 cm³/mol. The first-order valence-corrected chi connectivity index (χ1v) is 6.50. The minimum Gasteiger partial charge on any atom is -0.368 e. The molecule has 1 unspecified atom stereocenters. The molecule has 100 valence electrons. The third kappa shape index (κ3) is 3.06. The molecule has 4 heteroatoms. The quantitative estimate of drug-likeness (QED) is 0.892.